The molecule has 1 saturated heterocycles. The van der Waals surface area contributed by atoms with E-state index in [1.165, 1.54) is 0 Å². The molecule has 21 heavy (non-hydrogen) atoms. The summed E-state index contributed by atoms with van der Waals surface area (Å²) in [6.07, 6.45) is 0. The second-order valence-electron chi connectivity index (χ2n) is 5.06. The molecule has 118 valence electrons. The standard InChI is InChI=1S/C13H19N3O3S.ClH/c1-10-8-15-6-7-16(10)13(17)12-4-2-11(3-5-12)9-20(14,18)19;/h2-5,10,15H,6-9H2,1H3,(H2,14,18,19);1H/t10-;/m1./s1. The van der Waals surface area contributed by atoms with Crippen molar-refractivity contribution in [3.8, 4) is 0 Å². The molecule has 1 atom stereocenters. The number of hydrogen-bond acceptors (Lipinski definition) is 4. The largest absolute Gasteiger partial charge is 0.333 e. The van der Waals surface area contributed by atoms with Crippen LogP contribution in [0.25, 0.3) is 0 Å². The van der Waals surface area contributed by atoms with E-state index in [0.717, 1.165) is 13.1 Å². The number of piperazine rings is 1. The van der Waals surface area contributed by atoms with Crippen LogP contribution in [0.2, 0.25) is 0 Å². The van der Waals surface area contributed by atoms with Gasteiger partial charge in [-0.05, 0) is 24.6 Å². The topological polar surface area (TPSA) is 92.5 Å². The summed E-state index contributed by atoms with van der Waals surface area (Å²) in [4.78, 5) is 14.2. The van der Waals surface area contributed by atoms with E-state index in [9.17, 15) is 13.2 Å². The Morgan fingerprint density at radius 3 is 2.52 bits per heavy atom. The molecule has 6 nitrogen and oxygen atoms in total. The first-order valence-electron chi connectivity index (χ1n) is 6.48. The fraction of sp³-hybridized carbons (Fsp3) is 0.462. The summed E-state index contributed by atoms with van der Waals surface area (Å²) in [5.41, 5.74) is 1.15. The van der Waals surface area contributed by atoms with E-state index in [0.29, 0.717) is 17.7 Å². The molecule has 1 heterocycles. The Bertz CT molecular complexity index is 589. The Kier molecular flexibility index (Phi) is 6.15. The highest BCUT2D eigenvalue weighted by Gasteiger charge is 2.23. The molecule has 0 saturated carbocycles. The number of nitrogens with zero attached hydrogens (tertiary/aromatic N) is 1. The van der Waals surface area contributed by atoms with Crippen LogP contribution in [0.4, 0.5) is 0 Å². The maximum absolute atomic E-state index is 12.4. The van der Waals surface area contributed by atoms with Crippen molar-refractivity contribution in [2.45, 2.75) is 18.7 Å². The summed E-state index contributed by atoms with van der Waals surface area (Å²) < 4.78 is 22.0. The zero-order valence-corrected chi connectivity index (χ0v) is 13.4. The molecule has 0 aliphatic carbocycles. The van der Waals surface area contributed by atoms with Crippen molar-refractivity contribution >= 4 is 28.3 Å². The fourth-order valence-electron chi connectivity index (χ4n) is 2.28. The van der Waals surface area contributed by atoms with Crippen LogP contribution in [0.3, 0.4) is 0 Å². The first-order valence-corrected chi connectivity index (χ1v) is 8.19. The molecule has 0 radical (unpaired) electrons. The third-order valence-electron chi connectivity index (χ3n) is 3.33. The molecule has 2 rings (SSSR count). The molecule has 1 amide bonds. The van der Waals surface area contributed by atoms with Gasteiger partial charge in [-0.3, -0.25) is 4.79 Å². The summed E-state index contributed by atoms with van der Waals surface area (Å²) in [7, 11) is -3.54. The summed E-state index contributed by atoms with van der Waals surface area (Å²) in [5.74, 6) is -0.243. The van der Waals surface area contributed by atoms with E-state index < -0.39 is 10.0 Å². The van der Waals surface area contributed by atoms with Gasteiger partial charge in [-0.25, -0.2) is 13.6 Å². The lowest BCUT2D eigenvalue weighted by Gasteiger charge is -2.34. The zero-order valence-electron chi connectivity index (χ0n) is 11.8. The first kappa shape index (κ1) is 17.9. The van der Waals surface area contributed by atoms with Gasteiger partial charge >= 0.3 is 0 Å². The quantitative estimate of drug-likeness (QED) is 0.833. The van der Waals surface area contributed by atoms with Crippen molar-refractivity contribution in [1.29, 1.82) is 0 Å². The van der Waals surface area contributed by atoms with Gasteiger partial charge in [-0.15, -0.1) is 12.4 Å². The molecule has 1 aromatic rings. The second-order valence-corrected chi connectivity index (χ2v) is 6.67. The average molecular weight is 334 g/mol. The predicted octanol–water partition coefficient (Wildman–Crippen LogP) is 0.331. The summed E-state index contributed by atoms with van der Waals surface area (Å²) in [5, 5.41) is 8.22. The third kappa shape index (κ3) is 4.96. The van der Waals surface area contributed by atoms with Crippen LogP contribution < -0.4 is 10.5 Å². The number of sulfonamides is 1. The van der Waals surface area contributed by atoms with E-state index in [2.05, 4.69) is 5.32 Å². The minimum Gasteiger partial charge on any atom is -0.333 e. The van der Waals surface area contributed by atoms with Gasteiger partial charge in [0.1, 0.15) is 0 Å². The second kappa shape index (κ2) is 7.22. The van der Waals surface area contributed by atoms with Gasteiger partial charge in [0.15, 0.2) is 0 Å². The van der Waals surface area contributed by atoms with Crippen LogP contribution in [0.15, 0.2) is 24.3 Å². The van der Waals surface area contributed by atoms with Crippen molar-refractivity contribution < 1.29 is 13.2 Å². The Morgan fingerprint density at radius 2 is 2.00 bits per heavy atom. The lowest BCUT2D eigenvalue weighted by atomic mass is 10.1. The molecule has 1 aliphatic rings. The van der Waals surface area contributed by atoms with Crippen LogP contribution in [0.1, 0.15) is 22.8 Å². The molecule has 3 N–H and O–H groups in total. The van der Waals surface area contributed by atoms with Crippen molar-refractivity contribution in [2.24, 2.45) is 5.14 Å². The molecular weight excluding hydrogens is 314 g/mol. The number of amides is 1. The Hall–Kier alpha value is -1.15. The predicted molar refractivity (Wildman–Crippen MR) is 83.9 cm³/mol. The van der Waals surface area contributed by atoms with E-state index in [1.807, 2.05) is 11.8 Å². The molecule has 1 aromatic carbocycles. The minimum atomic E-state index is -3.54. The van der Waals surface area contributed by atoms with Gasteiger partial charge in [-0.1, -0.05) is 12.1 Å². The number of carbonyl (C=O) groups excluding carboxylic acids is 1. The molecule has 1 fully saturated rings. The molecule has 0 bridgehead atoms. The maximum atomic E-state index is 12.4. The SMILES string of the molecule is C[C@@H]1CNCCN1C(=O)c1ccc(CS(N)(=O)=O)cc1.Cl. The van der Waals surface area contributed by atoms with E-state index >= 15 is 0 Å². The Labute approximate surface area is 131 Å². The third-order valence-corrected chi connectivity index (χ3v) is 4.07. The van der Waals surface area contributed by atoms with E-state index in [1.54, 1.807) is 24.3 Å². The first-order chi connectivity index (χ1) is 9.37. The van der Waals surface area contributed by atoms with Crippen molar-refractivity contribution in [3.05, 3.63) is 35.4 Å². The van der Waals surface area contributed by atoms with E-state index in [-0.39, 0.29) is 30.1 Å². The number of hydrogen-bond donors (Lipinski definition) is 2. The van der Waals surface area contributed by atoms with Gasteiger partial charge < -0.3 is 10.2 Å². The Balaban J connectivity index is 0.00000220. The number of halogens is 1. The van der Waals surface area contributed by atoms with Crippen LogP contribution in [-0.4, -0.2) is 44.9 Å². The zero-order chi connectivity index (χ0) is 14.8. The highest BCUT2D eigenvalue weighted by atomic mass is 35.5. The lowest BCUT2D eigenvalue weighted by molar-refractivity contribution is 0.0656. The summed E-state index contributed by atoms with van der Waals surface area (Å²) in [6, 6.07) is 6.71. The van der Waals surface area contributed by atoms with Crippen LogP contribution in [0, 0.1) is 0 Å². The van der Waals surface area contributed by atoms with E-state index in [4.69, 9.17) is 5.14 Å². The maximum Gasteiger partial charge on any atom is 0.254 e. The number of rotatable bonds is 3. The van der Waals surface area contributed by atoms with Crippen molar-refractivity contribution in [1.82, 2.24) is 10.2 Å². The lowest BCUT2D eigenvalue weighted by Crippen LogP contribution is -2.52. The molecule has 8 heteroatoms. The number of carbonyl (C=O) groups is 1. The summed E-state index contributed by atoms with van der Waals surface area (Å²) >= 11 is 0. The van der Waals surface area contributed by atoms with Crippen molar-refractivity contribution in [3.63, 3.8) is 0 Å². The van der Waals surface area contributed by atoms with Crippen LogP contribution in [0.5, 0.6) is 0 Å². The molecule has 0 unspecified atom stereocenters. The van der Waals surface area contributed by atoms with Crippen LogP contribution in [-0.2, 0) is 15.8 Å². The minimum absolute atomic E-state index is 0. The normalized spacial score (nSPS) is 19.0. The van der Waals surface area contributed by atoms with Gasteiger partial charge in [-0.2, -0.15) is 0 Å². The van der Waals surface area contributed by atoms with Gasteiger partial charge in [0, 0.05) is 31.2 Å². The van der Waals surface area contributed by atoms with Gasteiger partial charge in [0.05, 0.1) is 5.75 Å². The number of primary sulfonamides is 1. The fourth-order valence-corrected chi connectivity index (χ4v) is 2.94. The molecule has 1 aliphatic heterocycles. The number of nitrogens with two attached hydrogens (primary N) is 1. The molecule has 0 spiro atoms. The number of benzene rings is 1. The van der Waals surface area contributed by atoms with Gasteiger partial charge in [0.25, 0.3) is 5.91 Å². The average Bonchev–Trinajstić information content (AvgIpc) is 2.37. The summed E-state index contributed by atoms with van der Waals surface area (Å²) in [6.45, 7) is 4.26. The molecule has 0 aromatic heterocycles. The highest BCUT2D eigenvalue weighted by molar-refractivity contribution is 7.88. The van der Waals surface area contributed by atoms with Crippen molar-refractivity contribution in [2.75, 3.05) is 19.6 Å². The monoisotopic (exact) mass is 333 g/mol. The smallest absolute Gasteiger partial charge is 0.254 e. The number of nitrogens with one attached hydrogen (secondary N) is 1. The van der Waals surface area contributed by atoms with Gasteiger partial charge in [0.2, 0.25) is 10.0 Å². The molecular formula is C13H20ClN3O3S. The highest BCUT2D eigenvalue weighted by Crippen LogP contribution is 2.12. The Morgan fingerprint density at radius 1 is 1.38 bits per heavy atom. The van der Waals surface area contributed by atoms with Crippen LogP contribution >= 0.6 is 12.4 Å².